The number of methoxy groups -OCH3 is 1. The van der Waals surface area contributed by atoms with Gasteiger partial charge in [0.15, 0.2) is 18.3 Å². The minimum Gasteiger partial charge on any atom is -0.467 e. The van der Waals surface area contributed by atoms with E-state index in [-0.39, 0.29) is 16.7 Å². The van der Waals surface area contributed by atoms with Crippen LogP contribution in [0.1, 0.15) is 31.1 Å². The highest BCUT2D eigenvalue weighted by atomic mass is 32.2. The lowest BCUT2D eigenvalue weighted by atomic mass is 9.97. The zero-order valence-electron chi connectivity index (χ0n) is 22.3. The molecule has 1 saturated heterocycles. The zero-order chi connectivity index (χ0) is 30.5. The molecule has 0 amide bonds. The molecule has 1 aliphatic heterocycles. The second kappa shape index (κ2) is 12.5. The summed E-state index contributed by atoms with van der Waals surface area (Å²) in [4.78, 5) is 52.3. The number of benzene rings is 3. The number of rotatable bonds is 8. The van der Waals surface area contributed by atoms with Gasteiger partial charge in [0.05, 0.1) is 23.8 Å². The fraction of sp³-hybridized carbons (Fsp3) is 0.241. The van der Waals surface area contributed by atoms with Gasteiger partial charge in [0.25, 0.3) is 0 Å². The van der Waals surface area contributed by atoms with Gasteiger partial charge in [0, 0.05) is 6.26 Å². The highest BCUT2D eigenvalue weighted by Gasteiger charge is 2.66. The number of carbonyl (C=O) groups is 4. The summed E-state index contributed by atoms with van der Waals surface area (Å²) in [6.45, 7) is 0. The lowest BCUT2D eigenvalue weighted by Gasteiger charge is -2.46. The van der Waals surface area contributed by atoms with Crippen LogP contribution in [0.5, 0.6) is 0 Å². The number of esters is 4. The molecule has 1 aliphatic rings. The van der Waals surface area contributed by atoms with E-state index in [1.165, 1.54) is 72.8 Å². The lowest BCUT2D eigenvalue weighted by molar-refractivity contribution is -0.299. The van der Waals surface area contributed by atoms with E-state index >= 15 is 0 Å². The third-order valence-electron chi connectivity index (χ3n) is 6.29. The maximum atomic E-state index is 13.2. The lowest BCUT2D eigenvalue weighted by Crippen LogP contribution is -2.71. The number of hydrogen-bond donors (Lipinski definition) is 1. The number of aliphatic hydroxyl groups is 1. The van der Waals surface area contributed by atoms with Crippen LogP contribution in [-0.4, -0.2) is 80.3 Å². The van der Waals surface area contributed by atoms with Crippen molar-refractivity contribution in [1.29, 1.82) is 0 Å². The zero-order valence-corrected chi connectivity index (χ0v) is 23.1. The Kier molecular flexibility index (Phi) is 9.05. The first-order valence-corrected chi connectivity index (χ1v) is 14.3. The van der Waals surface area contributed by atoms with Gasteiger partial charge < -0.3 is 28.8 Å². The summed E-state index contributed by atoms with van der Waals surface area (Å²) in [5, 5.41) is 8.01. The summed E-state index contributed by atoms with van der Waals surface area (Å²) < 4.78 is 52.6. The third-order valence-corrected chi connectivity index (χ3v) is 7.68. The predicted molar refractivity (Wildman–Crippen MR) is 144 cm³/mol. The highest BCUT2D eigenvalue weighted by molar-refractivity contribution is 7.91. The Labute approximate surface area is 240 Å². The van der Waals surface area contributed by atoms with Gasteiger partial charge in [-0.2, -0.15) is 0 Å². The number of carbonyl (C=O) groups excluding carboxylic acids is 4. The molecule has 0 aromatic heterocycles. The average Bonchev–Trinajstić information content (AvgIpc) is 3.00. The van der Waals surface area contributed by atoms with Crippen LogP contribution in [0.4, 0.5) is 0 Å². The normalized spacial score (nSPS) is 23.7. The molecule has 0 bridgehead atoms. The Morgan fingerprint density at radius 1 is 0.690 bits per heavy atom. The maximum absolute atomic E-state index is 13.2. The Morgan fingerprint density at radius 2 is 1.07 bits per heavy atom. The minimum absolute atomic E-state index is 0.0102. The smallest absolute Gasteiger partial charge is 0.339 e. The quantitative estimate of drug-likeness (QED) is 0.296. The van der Waals surface area contributed by atoms with Crippen LogP contribution in [0.15, 0.2) is 91.0 Å². The molecule has 5 atom stereocenters. The third kappa shape index (κ3) is 6.33. The van der Waals surface area contributed by atoms with Gasteiger partial charge >= 0.3 is 29.0 Å². The molecule has 13 heteroatoms. The standard InChI is InChI=1S/C29H26O12S/c1-37-28(33)23-21(38-25(30)18-12-6-3-7-13-18)22(39-26(31)19-14-8-4-9-15-19)24(29(34,41-23)42(2,35)36)40-27(32)20-16-10-5-11-17-20/h3-17,21-24,34H,1-2H3/t21-,22-,23-,24+,29+/m0/s1. The molecular formula is C29H26O12S. The van der Waals surface area contributed by atoms with Crippen LogP contribution >= 0.6 is 0 Å². The summed E-state index contributed by atoms with van der Waals surface area (Å²) in [5.74, 6) is -4.53. The number of sulfone groups is 1. The van der Waals surface area contributed by atoms with Crippen molar-refractivity contribution in [3.05, 3.63) is 108 Å². The molecule has 3 aromatic rings. The van der Waals surface area contributed by atoms with Crippen molar-refractivity contribution in [2.45, 2.75) is 29.5 Å². The Balaban J connectivity index is 1.86. The van der Waals surface area contributed by atoms with E-state index in [0.717, 1.165) is 7.11 Å². The molecule has 4 rings (SSSR count). The Morgan fingerprint density at radius 3 is 1.45 bits per heavy atom. The summed E-state index contributed by atoms with van der Waals surface area (Å²) in [7, 11) is -3.86. The number of ether oxygens (including phenoxy) is 5. The maximum Gasteiger partial charge on any atom is 0.339 e. The van der Waals surface area contributed by atoms with Crippen molar-refractivity contribution in [3.63, 3.8) is 0 Å². The second-order valence-corrected chi connectivity index (χ2v) is 11.3. The molecule has 0 saturated carbocycles. The molecule has 0 spiro atoms. The first-order valence-electron chi connectivity index (χ1n) is 12.4. The van der Waals surface area contributed by atoms with E-state index in [0.29, 0.717) is 6.26 Å². The van der Waals surface area contributed by atoms with E-state index in [9.17, 15) is 32.7 Å². The molecule has 3 aromatic carbocycles. The molecule has 0 unspecified atom stereocenters. The molecule has 0 aliphatic carbocycles. The Hall–Kier alpha value is -4.59. The molecule has 12 nitrogen and oxygen atoms in total. The van der Waals surface area contributed by atoms with Gasteiger partial charge in [-0.25, -0.2) is 27.6 Å². The summed E-state index contributed by atoms with van der Waals surface area (Å²) in [6, 6.07) is 22.2. The molecule has 42 heavy (non-hydrogen) atoms. The van der Waals surface area contributed by atoms with Crippen molar-refractivity contribution in [2.75, 3.05) is 13.4 Å². The van der Waals surface area contributed by atoms with Crippen molar-refractivity contribution in [2.24, 2.45) is 0 Å². The molecule has 220 valence electrons. The van der Waals surface area contributed by atoms with E-state index in [1.807, 2.05) is 0 Å². The first kappa shape index (κ1) is 30.4. The molecule has 1 N–H and O–H groups in total. The highest BCUT2D eigenvalue weighted by Crippen LogP contribution is 2.38. The average molecular weight is 599 g/mol. The summed E-state index contributed by atoms with van der Waals surface area (Å²) >= 11 is 0. The summed E-state index contributed by atoms with van der Waals surface area (Å²) in [5.41, 5.74) is -0.0757. The van der Waals surface area contributed by atoms with Gasteiger partial charge in [-0.05, 0) is 36.4 Å². The van der Waals surface area contributed by atoms with E-state index < -0.39 is 63.2 Å². The number of hydrogen-bond acceptors (Lipinski definition) is 12. The van der Waals surface area contributed by atoms with E-state index in [2.05, 4.69) is 0 Å². The first-order chi connectivity index (χ1) is 20.0. The van der Waals surface area contributed by atoms with Crippen molar-refractivity contribution in [3.8, 4) is 0 Å². The van der Waals surface area contributed by atoms with Gasteiger partial charge in [0.2, 0.25) is 15.9 Å². The topological polar surface area (TPSA) is 169 Å². The van der Waals surface area contributed by atoms with Crippen LogP contribution in [0.25, 0.3) is 0 Å². The predicted octanol–water partition coefficient (Wildman–Crippen LogP) is 1.93. The van der Waals surface area contributed by atoms with E-state index in [4.69, 9.17) is 23.7 Å². The monoisotopic (exact) mass is 598 g/mol. The largest absolute Gasteiger partial charge is 0.467 e. The van der Waals surface area contributed by atoms with Gasteiger partial charge in [0.1, 0.15) is 0 Å². The van der Waals surface area contributed by atoms with Gasteiger partial charge in [-0.15, -0.1) is 0 Å². The fourth-order valence-electron chi connectivity index (χ4n) is 4.15. The minimum atomic E-state index is -4.80. The fourth-order valence-corrected chi connectivity index (χ4v) is 5.04. The molecule has 1 fully saturated rings. The van der Waals surface area contributed by atoms with Crippen LogP contribution in [0.2, 0.25) is 0 Å². The molecular weight excluding hydrogens is 572 g/mol. The van der Waals surface area contributed by atoms with Crippen LogP contribution in [-0.2, 0) is 38.3 Å². The molecule has 0 radical (unpaired) electrons. The van der Waals surface area contributed by atoms with Crippen LogP contribution < -0.4 is 0 Å². The SMILES string of the molecule is COC(=O)[C@H]1O[C@@](O)(S(C)(=O)=O)[C@H](OC(=O)c2ccccc2)[C@@H](OC(=O)c2ccccc2)[C@@H]1OC(=O)c1ccccc1. The Bertz CT molecular complexity index is 1540. The van der Waals surface area contributed by atoms with Crippen molar-refractivity contribution < 1.29 is 56.4 Å². The molecule has 1 heterocycles. The van der Waals surface area contributed by atoms with Gasteiger partial charge in [-0.3, -0.25) is 0 Å². The summed E-state index contributed by atoms with van der Waals surface area (Å²) in [6.07, 6.45) is -8.02. The van der Waals surface area contributed by atoms with Crippen LogP contribution in [0, 0.1) is 0 Å². The van der Waals surface area contributed by atoms with Crippen LogP contribution in [0.3, 0.4) is 0 Å². The van der Waals surface area contributed by atoms with Crippen molar-refractivity contribution >= 4 is 33.7 Å². The van der Waals surface area contributed by atoms with Crippen molar-refractivity contribution in [1.82, 2.24) is 0 Å². The van der Waals surface area contributed by atoms with E-state index in [1.54, 1.807) is 18.2 Å². The van der Waals surface area contributed by atoms with Gasteiger partial charge in [-0.1, -0.05) is 54.6 Å². The second-order valence-electron chi connectivity index (χ2n) is 9.13.